The van der Waals surface area contributed by atoms with Crippen molar-refractivity contribution in [1.82, 2.24) is 20.2 Å². The molecule has 4 aromatic rings. The Morgan fingerprint density at radius 3 is 2.50 bits per heavy atom. The maximum absolute atomic E-state index is 14.0. The maximum Gasteiger partial charge on any atom is 0.342 e. The number of aromatic nitrogens is 2. The number of hydrogen-bond acceptors (Lipinski definition) is 7. The van der Waals surface area contributed by atoms with Gasteiger partial charge in [0, 0.05) is 18.7 Å². The van der Waals surface area contributed by atoms with Gasteiger partial charge >= 0.3 is 12.0 Å². The van der Waals surface area contributed by atoms with Crippen LogP contribution < -0.4 is 21.5 Å². The SMILES string of the molecule is Cc1cccc(NC(=O)NCc2ccc3nc(C)n([C@]4(C(=O)OCc5ccccc5)CCC(=O)NC4=O)c(=O)c3c2)c1. The van der Waals surface area contributed by atoms with Gasteiger partial charge in [0.2, 0.25) is 11.4 Å². The van der Waals surface area contributed by atoms with Gasteiger partial charge in [0.25, 0.3) is 11.5 Å². The van der Waals surface area contributed by atoms with E-state index in [9.17, 15) is 24.0 Å². The highest BCUT2D eigenvalue weighted by Crippen LogP contribution is 2.30. The molecule has 1 aliphatic heterocycles. The summed E-state index contributed by atoms with van der Waals surface area (Å²) in [5, 5.41) is 7.85. The molecule has 0 bridgehead atoms. The quantitative estimate of drug-likeness (QED) is 0.176. The van der Waals surface area contributed by atoms with Gasteiger partial charge in [-0.05, 0) is 61.2 Å². The van der Waals surface area contributed by atoms with Crippen LogP contribution >= 0.6 is 0 Å². The monoisotopic (exact) mass is 567 g/mol. The zero-order valence-corrected chi connectivity index (χ0v) is 23.1. The summed E-state index contributed by atoms with van der Waals surface area (Å²) in [7, 11) is 0. The number of nitrogens with one attached hydrogen (secondary N) is 3. The lowest BCUT2D eigenvalue weighted by molar-refractivity contribution is -0.164. The van der Waals surface area contributed by atoms with E-state index in [1.807, 2.05) is 31.2 Å². The fourth-order valence-corrected chi connectivity index (χ4v) is 5.03. The van der Waals surface area contributed by atoms with Gasteiger partial charge in [0.1, 0.15) is 12.4 Å². The molecule has 0 spiro atoms. The van der Waals surface area contributed by atoms with E-state index in [0.29, 0.717) is 22.3 Å². The summed E-state index contributed by atoms with van der Waals surface area (Å²) in [6.07, 6.45) is -0.435. The Kier molecular flexibility index (Phi) is 7.83. The summed E-state index contributed by atoms with van der Waals surface area (Å²) in [5.74, 6) is -2.36. The van der Waals surface area contributed by atoms with E-state index in [0.717, 1.165) is 10.1 Å². The van der Waals surface area contributed by atoms with Gasteiger partial charge in [0.15, 0.2) is 0 Å². The average Bonchev–Trinajstić information content (AvgIpc) is 2.96. The predicted molar refractivity (Wildman–Crippen MR) is 154 cm³/mol. The molecule has 4 amide bonds. The van der Waals surface area contributed by atoms with Crippen LogP contribution in [0.3, 0.4) is 0 Å². The molecular weight excluding hydrogens is 538 g/mol. The Hall–Kier alpha value is -5.32. The zero-order valence-electron chi connectivity index (χ0n) is 23.1. The minimum absolute atomic E-state index is 0.0974. The number of anilines is 1. The van der Waals surface area contributed by atoms with Crippen LogP contribution in [0, 0.1) is 13.8 Å². The summed E-state index contributed by atoms with van der Waals surface area (Å²) in [4.78, 5) is 70.0. The summed E-state index contributed by atoms with van der Waals surface area (Å²) in [6, 6.07) is 20.8. The predicted octanol–water partition coefficient (Wildman–Crippen LogP) is 3.21. The number of benzene rings is 3. The van der Waals surface area contributed by atoms with Crippen LogP contribution in [0.15, 0.2) is 77.6 Å². The van der Waals surface area contributed by atoms with Crippen molar-refractivity contribution in [2.24, 2.45) is 0 Å². The van der Waals surface area contributed by atoms with Gasteiger partial charge in [-0.1, -0.05) is 48.5 Å². The first-order valence-corrected chi connectivity index (χ1v) is 13.4. The van der Waals surface area contributed by atoms with Crippen molar-refractivity contribution in [3.8, 4) is 0 Å². The Morgan fingerprint density at radius 2 is 1.76 bits per heavy atom. The Morgan fingerprint density at radius 1 is 0.976 bits per heavy atom. The molecule has 0 aliphatic carbocycles. The molecule has 1 atom stereocenters. The normalized spacial score (nSPS) is 16.5. The molecule has 3 aromatic carbocycles. The highest BCUT2D eigenvalue weighted by atomic mass is 16.5. The highest BCUT2D eigenvalue weighted by Gasteiger charge is 2.54. The third kappa shape index (κ3) is 5.62. The van der Waals surface area contributed by atoms with Crippen molar-refractivity contribution in [2.45, 2.75) is 45.4 Å². The van der Waals surface area contributed by atoms with Crippen LogP contribution in [0.5, 0.6) is 0 Å². The van der Waals surface area contributed by atoms with Gasteiger partial charge in [-0.25, -0.2) is 14.6 Å². The number of hydrogen-bond donors (Lipinski definition) is 3. The van der Waals surface area contributed by atoms with Gasteiger partial charge in [-0.15, -0.1) is 0 Å². The number of aryl methyl sites for hydroxylation is 2. The number of piperidine rings is 1. The number of rotatable bonds is 7. The Bertz CT molecular complexity index is 1770. The minimum Gasteiger partial charge on any atom is -0.459 e. The number of carbonyl (C=O) groups is 4. The van der Waals surface area contributed by atoms with E-state index in [4.69, 9.17) is 4.74 Å². The van der Waals surface area contributed by atoms with E-state index in [-0.39, 0.29) is 37.2 Å². The topological polar surface area (TPSA) is 148 Å². The maximum atomic E-state index is 14.0. The molecule has 0 radical (unpaired) electrons. The summed E-state index contributed by atoms with van der Waals surface area (Å²) < 4.78 is 6.56. The zero-order chi connectivity index (χ0) is 29.9. The van der Waals surface area contributed by atoms with Crippen LogP contribution in [-0.4, -0.2) is 33.4 Å². The van der Waals surface area contributed by atoms with E-state index in [2.05, 4.69) is 20.9 Å². The number of ether oxygens (including phenoxy) is 1. The van der Waals surface area contributed by atoms with Gasteiger partial charge in [-0.2, -0.15) is 0 Å². The van der Waals surface area contributed by atoms with E-state index >= 15 is 0 Å². The number of esters is 1. The second-order valence-electron chi connectivity index (χ2n) is 10.1. The lowest BCUT2D eigenvalue weighted by Gasteiger charge is -2.35. The fourth-order valence-electron chi connectivity index (χ4n) is 5.03. The molecule has 42 heavy (non-hydrogen) atoms. The number of imide groups is 1. The second-order valence-corrected chi connectivity index (χ2v) is 10.1. The molecule has 1 aliphatic rings. The Labute approximate surface area is 240 Å². The van der Waals surface area contributed by atoms with Crippen molar-refractivity contribution in [2.75, 3.05) is 5.32 Å². The van der Waals surface area contributed by atoms with Crippen LogP contribution in [-0.2, 0) is 37.8 Å². The average molecular weight is 568 g/mol. The van der Waals surface area contributed by atoms with E-state index in [1.54, 1.807) is 48.5 Å². The van der Waals surface area contributed by atoms with Crippen molar-refractivity contribution < 1.29 is 23.9 Å². The molecule has 3 N–H and O–H groups in total. The molecular formula is C31H29N5O6. The molecule has 0 saturated carbocycles. The number of urea groups is 1. The second kappa shape index (κ2) is 11.7. The minimum atomic E-state index is -2.13. The number of amides is 4. The molecule has 5 rings (SSSR count). The van der Waals surface area contributed by atoms with Crippen LogP contribution in [0.4, 0.5) is 10.5 Å². The Balaban J connectivity index is 1.46. The number of carbonyl (C=O) groups excluding carboxylic acids is 4. The molecule has 1 saturated heterocycles. The molecule has 1 aromatic heterocycles. The van der Waals surface area contributed by atoms with Crippen molar-refractivity contribution in [1.29, 1.82) is 0 Å². The van der Waals surface area contributed by atoms with Gasteiger partial charge in [-0.3, -0.25) is 24.3 Å². The fraction of sp³-hybridized carbons (Fsp3) is 0.226. The van der Waals surface area contributed by atoms with Gasteiger partial charge in [0.05, 0.1) is 10.9 Å². The summed E-state index contributed by atoms with van der Waals surface area (Å²) in [5.41, 5.74) is 0.498. The first-order valence-electron chi connectivity index (χ1n) is 13.4. The molecule has 214 valence electrons. The van der Waals surface area contributed by atoms with E-state index in [1.165, 1.54) is 6.92 Å². The first kappa shape index (κ1) is 28.2. The summed E-state index contributed by atoms with van der Waals surface area (Å²) >= 11 is 0. The molecule has 11 nitrogen and oxygen atoms in total. The number of fused-ring (bicyclic) bond motifs is 1. The standard InChI is InChI=1S/C31H29N5O6/c1-19-7-6-10-23(15-19)34-30(41)32-17-22-11-12-25-24(16-22)27(38)36(20(2)33-25)31(14-13-26(37)35-28(31)39)29(40)42-18-21-8-4-3-5-9-21/h3-12,15-16H,13-14,17-18H2,1-2H3,(H2,32,34,41)(H,35,37,39)/t31-/m1/s1. The molecule has 1 fully saturated rings. The highest BCUT2D eigenvalue weighted by molar-refractivity contribution is 6.13. The molecule has 2 heterocycles. The van der Waals surface area contributed by atoms with Crippen LogP contribution in [0.1, 0.15) is 35.4 Å². The lowest BCUT2D eigenvalue weighted by atomic mass is 9.87. The third-order valence-corrected chi connectivity index (χ3v) is 7.10. The van der Waals surface area contributed by atoms with Crippen molar-refractivity contribution in [3.63, 3.8) is 0 Å². The largest absolute Gasteiger partial charge is 0.459 e. The van der Waals surface area contributed by atoms with Crippen molar-refractivity contribution in [3.05, 3.63) is 106 Å². The lowest BCUT2D eigenvalue weighted by Crippen LogP contribution is -2.62. The third-order valence-electron chi connectivity index (χ3n) is 7.10. The molecule has 11 heteroatoms. The van der Waals surface area contributed by atoms with Crippen LogP contribution in [0.2, 0.25) is 0 Å². The molecule has 0 unspecified atom stereocenters. The summed E-state index contributed by atoms with van der Waals surface area (Å²) in [6.45, 7) is 3.41. The first-order chi connectivity index (χ1) is 20.2. The van der Waals surface area contributed by atoms with Crippen molar-refractivity contribution >= 4 is 40.4 Å². The number of nitrogens with zero attached hydrogens (tertiary/aromatic N) is 2. The van der Waals surface area contributed by atoms with E-state index < -0.39 is 34.9 Å². The van der Waals surface area contributed by atoms with Crippen LogP contribution in [0.25, 0.3) is 10.9 Å². The smallest absolute Gasteiger partial charge is 0.342 e. The van der Waals surface area contributed by atoms with Gasteiger partial charge < -0.3 is 15.4 Å².